The molecule has 1 amide bonds. The number of phenolic OH excluding ortho intramolecular Hbond substituents is 1. The van der Waals surface area contributed by atoms with Gasteiger partial charge in [-0.3, -0.25) is 18.8 Å². The van der Waals surface area contributed by atoms with Gasteiger partial charge in [-0.05, 0) is 35.7 Å². The van der Waals surface area contributed by atoms with E-state index in [1.165, 1.54) is 0 Å². The lowest BCUT2D eigenvalue weighted by Gasteiger charge is -2.17. The molecule has 3 aromatic rings. The van der Waals surface area contributed by atoms with Crippen LogP contribution < -0.4 is 10.6 Å². The smallest absolute Gasteiger partial charge is 0.296 e. The standard InChI is InChI=1S/C18H15N3O8S2.C6H15NO3.C4H11NO2/c1-10(22)19-14-9-13(30(24,25)26)7-11-8-15(31(27,28)29)17(18(23)16(11)14)21-20-12-5-3-2-4-6-12;8-4-1-7(2-5-9)3-6-10;6-3-1-5-2-4-7/h2-9,23H,1H3,(H,19,22)(H,24,25,26)(H,27,28,29);8-10H,1-6H2;5-7H,1-4H2. The lowest BCUT2D eigenvalue weighted by molar-refractivity contribution is -0.114. The Hall–Kier alpha value is -3.67. The zero-order valence-corrected chi connectivity index (χ0v) is 27.6. The van der Waals surface area contributed by atoms with E-state index in [-0.39, 0.29) is 49.5 Å². The van der Waals surface area contributed by atoms with Gasteiger partial charge in [-0.1, -0.05) is 18.2 Å². The summed E-state index contributed by atoms with van der Waals surface area (Å²) < 4.78 is 66.0. The van der Waals surface area contributed by atoms with Crippen LogP contribution in [-0.4, -0.2) is 133 Å². The molecular formula is C28H41N5O13S2. The SMILES string of the molecule is CC(=O)Nc1cc(S(=O)(=O)O)cc2cc(S(=O)(=O)O)c(N=Nc3ccccc3)c(O)c12.OCCN(CCO)CCO.OCCNCCO. The molecule has 0 spiro atoms. The minimum Gasteiger partial charge on any atom is -0.505 e. The van der Waals surface area contributed by atoms with Crippen molar-refractivity contribution >= 4 is 54.0 Å². The zero-order valence-electron chi connectivity index (χ0n) is 26.0. The molecule has 0 unspecified atom stereocenters. The summed E-state index contributed by atoms with van der Waals surface area (Å²) in [7, 11) is -9.71. The van der Waals surface area contributed by atoms with E-state index < -0.39 is 47.4 Å². The van der Waals surface area contributed by atoms with E-state index in [0.29, 0.717) is 38.4 Å². The minimum absolute atomic E-state index is 0.0694. The van der Waals surface area contributed by atoms with Crippen LogP contribution >= 0.6 is 0 Å². The lowest BCUT2D eigenvalue weighted by Crippen LogP contribution is -2.32. The highest BCUT2D eigenvalue weighted by atomic mass is 32.2. The predicted octanol–water partition coefficient (Wildman–Crippen LogP) is 0.239. The summed E-state index contributed by atoms with van der Waals surface area (Å²) in [4.78, 5) is 11.8. The highest BCUT2D eigenvalue weighted by Crippen LogP contribution is 2.45. The molecule has 10 N–H and O–H groups in total. The molecule has 20 heteroatoms. The second-order valence-corrected chi connectivity index (χ2v) is 12.3. The van der Waals surface area contributed by atoms with E-state index in [9.17, 15) is 35.8 Å². The molecule has 0 radical (unpaired) electrons. The van der Waals surface area contributed by atoms with Gasteiger partial charge in [0.25, 0.3) is 20.2 Å². The van der Waals surface area contributed by atoms with E-state index >= 15 is 0 Å². The summed E-state index contributed by atoms with van der Waals surface area (Å²) in [5.41, 5.74) is -0.565. The molecule has 0 fully saturated rings. The molecule has 268 valence electrons. The van der Waals surface area contributed by atoms with Crippen molar-refractivity contribution in [2.45, 2.75) is 16.7 Å². The number of rotatable bonds is 15. The van der Waals surface area contributed by atoms with Gasteiger partial charge in [0.2, 0.25) is 5.91 Å². The fraction of sp³-hybridized carbons (Fsp3) is 0.393. The van der Waals surface area contributed by atoms with Gasteiger partial charge in [0, 0.05) is 45.0 Å². The van der Waals surface area contributed by atoms with Gasteiger partial charge in [0.05, 0.1) is 49.3 Å². The topological polar surface area (TPSA) is 299 Å². The van der Waals surface area contributed by atoms with Crippen molar-refractivity contribution in [2.24, 2.45) is 10.2 Å². The Kier molecular flexibility index (Phi) is 18.8. The average Bonchev–Trinajstić information content (AvgIpc) is 3.01. The third kappa shape index (κ3) is 14.6. The number of aliphatic hydroxyl groups is 5. The van der Waals surface area contributed by atoms with Gasteiger partial charge in [0.1, 0.15) is 10.6 Å². The van der Waals surface area contributed by atoms with Crippen LogP contribution in [0.5, 0.6) is 5.75 Å². The van der Waals surface area contributed by atoms with Crippen LogP contribution in [0.4, 0.5) is 17.1 Å². The number of amides is 1. The molecule has 0 aliphatic carbocycles. The van der Waals surface area contributed by atoms with E-state index in [4.69, 9.17) is 25.5 Å². The number of benzene rings is 3. The number of hydrogen-bond acceptors (Lipinski definition) is 15. The van der Waals surface area contributed by atoms with E-state index in [1.54, 1.807) is 35.2 Å². The molecule has 0 saturated carbocycles. The summed E-state index contributed by atoms with van der Waals surface area (Å²) >= 11 is 0. The average molecular weight is 720 g/mol. The predicted molar refractivity (Wildman–Crippen MR) is 175 cm³/mol. The van der Waals surface area contributed by atoms with Crippen molar-refractivity contribution < 1.29 is 61.4 Å². The van der Waals surface area contributed by atoms with E-state index in [2.05, 4.69) is 20.9 Å². The summed E-state index contributed by atoms with van der Waals surface area (Å²) in [5.74, 6) is -1.44. The fourth-order valence-electron chi connectivity index (χ4n) is 3.84. The number of aliphatic hydroxyl groups excluding tert-OH is 5. The second kappa shape index (κ2) is 21.3. The van der Waals surface area contributed by atoms with Crippen LogP contribution in [0.1, 0.15) is 6.92 Å². The number of hydrogen-bond donors (Lipinski definition) is 10. The molecule has 0 aliphatic rings. The molecule has 0 heterocycles. The van der Waals surface area contributed by atoms with Gasteiger partial charge in [-0.2, -0.15) is 21.9 Å². The summed E-state index contributed by atoms with van der Waals surface area (Å²) in [6.07, 6.45) is 0. The van der Waals surface area contributed by atoms with Crippen LogP contribution in [0.3, 0.4) is 0 Å². The fourth-order valence-corrected chi connectivity index (χ4v) is 5.04. The number of fused-ring (bicyclic) bond motifs is 1. The molecule has 0 bridgehead atoms. The minimum atomic E-state index is -4.95. The highest BCUT2D eigenvalue weighted by Gasteiger charge is 2.25. The first-order valence-corrected chi connectivity index (χ1v) is 17.0. The van der Waals surface area contributed by atoms with Crippen molar-refractivity contribution in [3.05, 3.63) is 48.5 Å². The Bertz CT molecular complexity index is 1670. The Labute approximate surface area is 277 Å². The molecular weight excluding hydrogens is 678 g/mol. The Balaban J connectivity index is 0.000000558. The number of carbonyl (C=O) groups excluding carboxylic acids is 1. The monoisotopic (exact) mass is 719 g/mol. The largest absolute Gasteiger partial charge is 0.505 e. The highest BCUT2D eigenvalue weighted by molar-refractivity contribution is 7.86. The van der Waals surface area contributed by atoms with Crippen LogP contribution in [-0.2, 0) is 25.0 Å². The van der Waals surface area contributed by atoms with Gasteiger partial charge < -0.3 is 41.3 Å². The van der Waals surface area contributed by atoms with Crippen LogP contribution in [0.2, 0.25) is 0 Å². The molecule has 3 aromatic carbocycles. The maximum absolute atomic E-state index is 11.9. The van der Waals surface area contributed by atoms with Gasteiger partial charge >= 0.3 is 0 Å². The van der Waals surface area contributed by atoms with Crippen molar-refractivity contribution in [3.8, 4) is 5.75 Å². The van der Waals surface area contributed by atoms with Crippen molar-refractivity contribution in [2.75, 3.05) is 71.1 Å². The first-order chi connectivity index (χ1) is 22.6. The number of anilines is 1. The first-order valence-electron chi connectivity index (χ1n) is 14.1. The van der Waals surface area contributed by atoms with Gasteiger partial charge in [-0.25, -0.2) is 0 Å². The normalized spacial score (nSPS) is 11.6. The Morgan fingerprint density at radius 3 is 1.75 bits per heavy atom. The van der Waals surface area contributed by atoms with Crippen molar-refractivity contribution in [1.82, 2.24) is 10.2 Å². The summed E-state index contributed by atoms with van der Waals surface area (Å²) in [5, 5.41) is 64.8. The van der Waals surface area contributed by atoms with E-state index in [1.807, 2.05) is 0 Å². The van der Waals surface area contributed by atoms with Crippen molar-refractivity contribution in [3.63, 3.8) is 0 Å². The summed E-state index contributed by atoms with van der Waals surface area (Å²) in [6.45, 7) is 4.29. The molecule has 3 rings (SSSR count). The van der Waals surface area contributed by atoms with Crippen LogP contribution in [0.25, 0.3) is 10.8 Å². The maximum Gasteiger partial charge on any atom is 0.296 e. The number of azo groups is 1. The quantitative estimate of drug-likeness (QED) is 0.0572. The molecule has 0 aliphatic heterocycles. The zero-order chi connectivity index (χ0) is 36.3. The van der Waals surface area contributed by atoms with Gasteiger partial charge in [0.15, 0.2) is 5.75 Å². The number of nitrogens with one attached hydrogen (secondary N) is 2. The molecule has 0 atom stereocenters. The Morgan fingerprint density at radius 1 is 0.771 bits per heavy atom. The first kappa shape index (κ1) is 42.4. The van der Waals surface area contributed by atoms with Crippen molar-refractivity contribution in [1.29, 1.82) is 0 Å². The third-order valence-electron chi connectivity index (χ3n) is 5.86. The van der Waals surface area contributed by atoms with Crippen LogP contribution in [0.15, 0.2) is 68.6 Å². The number of carbonyl (C=O) groups is 1. The third-order valence-corrected chi connectivity index (χ3v) is 7.56. The van der Waals surface area contributed by atoms with E-state index in [0.717, 1.165) is 25.1 Å². The van der Waals surface area contributed by atoms with Gasteiger partial charge in [-0.15, -0.1) is 5.11 Å². The molecule has 0 aromatic heterocycles. The molecule has 18 nitrogen and oxygen atoms in total. The number of phenols is 1. The summed E-state index contributed by atoms with van der Waals surface area (Å²) in [6, 6.07) is 10.7. The Morgan fingerprint density at radius 2 is 1.31 bits per heavy atom. The molecule has 0 saturated heterocycles. The van der Waals surface area contributed by atoms with Crippen LogP contribution in [0, 0.1) is 0 Å². The lowest BCUT2D eigenvalue weighted by atomic mass is 10.1. The number of nitrogens with zero attached hydrogens (tertiary/aromatic N) is 3. The number of aromatic hydroxyl groups is 1. The second-order valence-electron chi connectivity index (χ2n) is 9.52. The molecule has 48 heavy (non-hydrogen) atoms. The maximum atomic E-state index is 11.9.